The molecule has 2 heterocycles. The number of pyridine rings is 1. The van der Waals surface area contributed by atoms with Crippen molar-refractivity contribution in [2.45, 2.75) is 57.1 Å². The monoisotopic (exact) mass is 408 g/mol. The summed E-state index contributed by atoms with van der Waals surface area (Å²) in [6.07, 6.45) is 1.57. The summed E-state index contributed by atoms with van der Waals surface area (Å²) in [5.41, 5.74) is 0.770. The van der Waals surface area contributed by atoms with Crippen LogP contribution in [0.15, 0.2) is 45.8 Å². The zero-order valence-electron chi connectivity index (χ0n) is 16.4. The number of aromatic nitrogens is 2. The summed E-state index contributed by atoms with van der Waals surface area (Å²) in [5, 5.41) is -0.744. The fourth-order valence-electron chi connectivity index (χ4n) is 2.48. The fraction of sp³-hybridized carbons (Fsp3) is 0.400. The molecule has 0 spiro atoms. The number of oxazole rings is 1. The van der Waals surface area contributed by atoms with Crippen molar-refractivity contribution in [3.63, 3.8) is 0 Å². The maximum atomic E-state index is 13.2. The number of benzene rings is 1. The first-order chi connectivity index (χ1) is 12.6. The van der Waals surface area contributed by atoms with Gasteiger partial charge >= 0.3 is 0 Å². The molecule has 0 saturated heterocycles. The van der Waals surface area contributed by atoms with Crippen molar-refractivity contribution < 1.29 is 12.8 Å². The minimum atomic E-state index is -3.81. The predicted molar refractivity (Wildman–Crippen MR) is 109 cm³/mol. The zero-order chi connectivity index (χ0) is 20.4. The van der Waals surface area contributed by atoms with E-state index in [4.69, 9.17) is 16.0 Å². The van der Waals surface area contributed by atoms with Gasteiger partial charge in [0.05, 0.1) is 10.7 Å². The molecular formula is C20H25ClN2O3S. The van der Waals surface area contributed by atoms with Crippen LogP contribution < -0.4 is 0 Å². The van der Waals surface area contributed by atoms with Gasteiger partial charge in [-0.3, -0.25) is 4.98 Å². The number of sulfone groups is 1. The molecule has 0 N–H and O–H groups in total. The molecule has 0 aliphatic carbocycles. The van der Waals surface area contributed by atoms with Gasteiger partial charge in [-0.05, 0) is 31.2 Å². The highest BCUT2D eigenvalue weighted by Crippen LogP contribution is 2.38. The van der Waals surface area contributed by atoms with Gasteiger partial charge in [-0.15, -0.1) is 0 Å². The van der Waals surface area contributed by atoms with Crippen LogP contribution >= 0.6 is 11.6 Å². The molecule has 0 fully saturated rings. The van der Waals surface area contributed by atoms with Gasteiger partial charge in [0.1, 0.15) is 15.7 Å². The average molecular weight is 409 g/mol. The van der Waals surface area contributed by atoms with E-state index < -0.39 is 15.1 Å². The van der Waals surface area contributed by atoms with E-state index in [0.29, 0.717) is 17.1 Å². The second-order valence-electron chi connectivity index (χ2n) is 6.94. The van der Waals surface area contributed by atoms with E-state index >= 15 is 0 Å². The van der Waals surface area contributed by atoms with E-state index in [1.165, 1.54) is 6.07 Å². The minimum Gasteiger partial charge on any atom is -0.439 e. The van der Waals surface area contributed by atoms with Crippen LogP contribution in [0.5, 0.6) is 0 Å². The average Bonchev–Trinajstić information content (AvgIpc) is 3.07. The number of hydrogen-bond acceptors (Lipinski definition) is 5. The maximum Gasteiger partial charge on any atom is 0.200 e. The molecule has 146 valence electrons. The van der Waals surface area contributed by atoms with Gasteiger partial charge in [-0.1, -0.05) is 52.3 Å². The van der Waals surface area contributed by atoms with Crippen molar-refractivity contribution in [1.82, 2.24) is 9.97 Å². The van der Waals surface area contributed by atoms with Gasteiger partial charge in [-0.25, -0.2) is 13.4 Å². The first-order valence-electron chi connectivity index (χ1n) is 8.86. The molecule has 1 atom stereocenters. The first-order valence-corrected chi connectivity index (χ1v) is 10.8. The van der Waals surface area contributed by atoms with Crippen LogP contribution in [0.2, 0.25) is 5.02 Å². The summed E-state index contributed by atoms with van der Waals surface area (Å²) in [4.78, 5) is 8.55. The topological polar surface area (TPSA) is 73.1 Å². The normalized spacial score (nSPS) is 13.1. The van der Waals surface area contributed by atoms with Crippen LogP contribution in [0.3, 0.4) is 0 Å². The first kappa shape index (κ1) is 21.4. The number of halogens is 1. The molecule has 1 unspecified atom stereocenters. The molecule has 1 aromatic carbocycles. The highest BCUT2D eigenvalue weighted by atomic mass is 35.5. The Morgan fingerprint density at radius 2 is 1.78 bits per heavy atom. The lowest BCUT2D eigenvalue weighted by Crippen LogP contribution is -2.13. The quantitative estimate of drug-likeness (QED) is 0.552. The molecule has 27 heavy (non-hydrogen) atoms. The SMILES string of the molecule is CC.CC(c1ccccn1)S(=O)(=O)c1c(Cl)ccc2nc(C(C)(C)C)oc12. The summed E-state index contributed by atoms with van der Waals surface area (Å²) in [7, 11) is -3.81. The van der Waals surface area contributed by atoms with Crippen LogP contribution in [-0.4, -0.2) is 18.4 Å². The molecule has 0 bridgehead atoms. The molecule has 3 aromatic rings. The van der Waals surface area contributed by atoms with E-state index in [1.807, 2.05) is 34.6 Å². The third-order valence-corrected chi connectivity index (χ3v) is 6.53. The lowest BCUT2D eigenvalue weighted by molar-refractivity contribution is 0.408. The lowest BCUT2D eigenvalue weighted by Gasteiger charge is -2.14. The van der Waals surface area contributed by atoms with Crippen molar-refractivity contribution in [1.29, 1.82) is 0 Å². The van der Waals surface area contributed by atoms with Crippen molar-refractivity contribution >= 4 is 32.5 Å². The minimum absolute atomic E-state index is 0.0344. The molecule has 0 saturated carbocycles. The van der Waals surface area contributed by atoms with Gasteiger partial charge in [0.2, 0.25) is 5.89 Å². The Bertz CT molecular complexity index is 1020. The van der Waals surface area contributed by atoms with Crippen LogP contribution in [-0.2, 0) is 15.3 Å². The highest BCUT2D eigenvalue weighted by molar-refractivity contribution is 7.92. The molecule has 7 heteroatoms. The summed E-state index contributed by atoms with van der Waals surface area (Å²) < 4.78 is 32.2. The largest absolute Gasteiger partial charge is 0.439 e. The Morgan fingerprint density at radius 1 is 1.11 bits per heavy atom. The standard InChI is InChI=1S/C18H19ClN2O3S.C2H6/c1-11(13-7-5-6-10-20-13)25(22,23)16-12(19)8-9-14-15(16)24-17(21-14)18(2,3)4;1-2/h5-11H,1-4H3;1-2H3. The predicted octanol–water partition coefficient (Wildman–Crippen LogP) is 5.73. The Labute approximate surface area is 165 Å². The summed E-state index contributed by atoms with van der Waals surface area (Å²) >= 11 is 6.26. The molecule has 0 aliphatic heterocycles. The number of hydrogen-bond donors (Lipinski definition) is 0. The number of fused-ring (bicyclic) bond motifs is 1. The Balaban J connectivity index is 0.00000126. The molecule has 0 radical (unpaired) electrons. The number of nitrogens with zero attached hydrogens (tertiary/aromatic N) is 2. The van der Waals surface area contributed by atoms with Crippen LogP contribution in [0.4, 0.5) is 0 Å². The molecule has 5 nitrogen and oxygen atoms in total. The van der Waals surface area contributed by atoms with E-state index in [9.17, 15) is 8.42 Å². The van der Waals surface area contributed by atoms with Gasteiger partial charge in [0.15, 0.2) is 15.4 Å². The van der Waals surface area contributed by atoms with Crippen molar-refractivity contribution in [2.75, 3.05) is 0 Å². The third kappa shape index (κ3) is 4.17. The van der Waals surface area contributed by atoms with E-state index in [2.05, 4.69) is 9.97 Å². The van der Waals surface area contributed by atoms with Gasteiger partial charge < -0.3 is 4.42 Å². The second-order valence-corrected chi connectivity index (χ2v) is 9.55. The van der Waals surface area contributed by atoms with Crippen LogP contribution in [0.1, 0.15) is 58.4 Å². The van der Waals surface area contributed by atoms with Gasteiger partial charge in [0, 0.05) is 11.6 Å². The van der Waals surface area contributed by atoms with E-state index in [0.717, 1.165) is 0 Å². The van der Waals surface area contributed by atoms with Gasteiger partial charge in [0.25, 0.3) is 0 Å². The van der Waals surface area contributed by atoms with Crippen molar-refractivity contribution in [2.24, 2.45) is 0 Å². The van der Waals surface area contributed by atoms with Crippen LogP contribution in [0, 0.1) is 0 Å². The summed E-state index contributed by atoms with van der Waals surface area (Å²) in [5.74, 6) is 0.465. The fourth-order valence-corrected chi connectivity index (χ4v) is 4.51. The smallest absolute Gasteiger partial charge is 0.200 e. The Hall–Kier alpha value is -1.92. The lowest BCUT2D eigenvalue weighted by atomic mass is 9.97. The molecular weight excluding hydrogens is 384 g/mol. The highest BCUT2D eigenvalue weighted by Gasteiger charge is 2.33. The summed E-state index contributed by atoms with van der Waals surface area (Å²) in [6.45, 7) is 11.4. The zero-order valence-corrected chi connectivity index (χ0v) is 18.0. The molecule has 2 aromatic heterocycles. The van der Waals surface area contributed by atoms with Crippen LogP contribution in [0.25, 0.3) is 11.1 Å². The number of rotatable bonds is 3. The molecule has 0 amide bonds. The van der Waals surface area contributed by atoms with E-state index in [1.54, 1.807) is 37.4 Å². The van der Waals surface area contributed by atoms with Crippen molar-refractivity contribution in [3.05, 3.63) is 53.1 Å². The third-order valence-electron chi connectivity index (χ3n) is 3.96. The van der Waals surface area contributed by atoms with Gasteiger partial charge in [-0.2, -0.15) is 0 Å². The summed E-state index contributed by atoms with van der Waals surface area (Å²) in [6, 6.07) is 8.38. The van der Waals surface area contributed by atoms with Crippen molar-refractivity contribution in [3.8, 4) is 0 Å². The molecule has 0 aliphatic rings. The molecule has 3 rings (SSSR count). The Kier molecular flexibility index (Phi) is 6.32. The second kappa shape index (κ2) is 7.98. The Morgan fingerprint density at radius 3 is 2.33 bits per heavy atom. The van der Waals surface area contributed by atoms with E-state index in [-0.39, 0.29) is 20.9 Å². The maximum absolute atomic E-state index is 13.2.